The molecule has 2 heteroatoms. The molecular weight excluding hydrogens is 237 g/mol. The normalized spacial score (nSPS) is 19.8. The predicted octanol–water partition coefficient (Wildman–Crippen LogP) is 4.80. The molecule has 0 aliphatic heterocycles. The van der Waals surface area contributed by atoms with E-state index in [0.717, 1.165) is 29.5 Å². The van der Waals surface area contributed by atoms with Gasteiger partial charge in [0, 0.05) is 11.6 Å². The summed E-state index contributed by atoms with van der Waals surface area (Å²) in [5, 5.41) is 0. The number of hydrogen-bond donors (Lipinski definition) is 1. The van der Waals surface area contributed by atoms with E-state index in [2.05, 4.69) is 0 Å². The first-order valence-corrected chi connectivity index (χ1v) is 7.62. The zero-order valence-electron chi connectivity index (χ0n) is 12.2. The van der Waals surface area contributed by atoms with Crippen LogP contribution in [0.4, 0.5) is 4.39 Å². The van der Waals surface area contributed by atoms with Gasteiger partial charge in [-0.1, -0.05) is 38.2 Å². The van der Waals surface area contributed by atoms with E-state index < -0.39 is 0 Å². The minimum Gasteiger partial charge on any atom is -0.324 e. The van der Waals surface area contributed by atoms with E-state index in [1.54, 1.807) is 6.07 Å². The molecule has 1 atom stereocenters. The minimum absolute atomic E-state index is 0.118. The highest BCUT2D eigenvalue weighted by Gasteiger charge is 2.24. The average molecular weight is 263 g/mol. The first-order chi connectivity index (χ1) is 9.09. The molecule has 19 heavy (non-hydrogen) atoms. The van der Waals surface area contributed by atoms with Gasteiger partial charge in [0.15, 0.2) is 0 Å². The summed E-state index contributed by atoms with van der Waals surface area (Å²) in [6.45, 7) is 3.91. The summed E-state index contributed by atoms with van der Waals surface area (Å²) in [7, 11) is 0. The summed E-state index contributed by atoms with van der Waals surface area (Å²) in [4.78, 5) is 0. The topological polar surface area (TPSA) is 26.0 Å². The molecule has 1 aromatic carbocycles. The van der Waals surface area contributed by atoms with Gasteiger partial charge in [-0.15, -0.1) is 0 Å². The maximum Gasteiger partial charge on any atom is 0.128 e. The molecule has 0 bridgehead atoms. The lowest BCUT2D eigenvalue weighted by Gasteiger charge is -2.27. The van der Waals surface area contributed by atoms with Crippen LogP contribution in [0.2, 0.25) is 0 Å². The van der Waals surface area contributed by atoms with Gasteiger partial charge in [-0.05, 0) is 49.8 Å². The lowest BCUT2D eigenvalue weighted by molar-refractivity contribution is 0.321. The van der Waals surface area contributed by atoms with Gasteiger partial charge in [0.25, 0.3) is 0 Å². The number of benzene rings is 1. The van der Waals surface area contributed by atoms with E-state index in [1.165, 1.54) is 32.1 Å². The summed E-state index contributed by atoms with van der Waals surface area (Å²) < 4.78 is 14.2. The van der Waals surface area contributed by atoms with Crippen LogP contribution in [0.3, 0.4) is 0 Å². The lowest BCUT2D eigenvalue weighted by Crippen LogP contribution is -2.24. The quantitative estimate of drug-likeness (QED) is 0.814. The van der Waals surface area contributed by atoms with Crippen molar-refractivity contribution in [1.29, 1.82) is 0 Å². The molecule has 1 aromatic rings. The molecule has 0 radical (unpaired) electrons. The van der Waals surface area contributed by atoms with Crippen LogP contribution >= 0.6 is 0 Å². The van der Waals surface area contributed by atoms with Gasteiger partial charge in [0.2, 0.25) is 0 Å². The molecule has 0 spiro atoms. The van der Waals surface area contributed by atoms with Crippen molar-refractivity contribution in [3.63, 3.8) is 0 Å². The highest BCUT2D eigenvalue weighted by Crippen LogP contribution is 2.34. The van der Waals surface area contributed by atoms with Crippen molar-refractivity contribution >= 4 is 0 Å². The number of nitrogens with two attached hydrogens (primary N) is 1. The highest BCUT2D eigenvalue weighted by molar-refractivity contribution is 5.34. The van der Waals surface area contributed by atoms with E-state index in [-0.39, 0.29) is 11.9 Å². The molecule has 106 valence electrons. The molecule has 1 saturated carbocycles. The monoisotopic (exact) mass is 263 g/mol. The number of halogens is 1. The lowest BCUT2D eigenvalue weighted by atomic mass is 9.82. The molecule has 2 rings (SSSR count). The van der Waals surface area contributed by atoms with Crippen molar-refractivity contribution < 1.29 is 4.39 Å². The van der Waals surface area contributed by atoms with Gasteiger partial charge < -0.3 is 5.73 Å². The van der Waals surface area contributed by atoms with Crippen LogP contribution in [0.25, 0.3) is 0 Å². The molecular formula is C17H26FN. The molecule has 1 aliphatic carbocycles. The highest BCUT2D eigenvalue weighted by atomic mass is 19.1. The van der Waals surface area contributed by atoms with Crippen molar-refractivity contribution in [1.82, 2.24) is 0 Å². The largest absolute Gasteiger partial charge is 0.324 e. The number of aryl methyl sites for hydroxylation is 2. The fourth-order valence-electron chi connectivity index (χ4n) is 3.43. The first kappa shape index (κ1) is 14.5. The second-order valence-electron chi connectivity index (χ2n) is 6.11. The van der Waals surface area contributed by atoms with Gasteiger partial charge in [-0.3, -0.25) is 0 Å². The fraction of sp³-hybridized carbons (Fsp3) is 0.647. The molecule has 1 fully saturated rings. The van der Waals surface area contributed by atoms with Crippen molar-refractivity contribution in [2.75, 3.05) is 0 Å². The Morgan fingerprint density at radius 1 is 1.05 bits per heavy atom. The third-order valence-corrected chi connectivity index (χ3v) is 4.47. The van der Waals surface area contributed by atoms with Gasteiger partial charge >= 0.3 is 0 Å². The van der Waals surface area contributed by atoms with Crippen LogP contribution in [-0.4, -0.2) is 0 Å². The van der Waals surface area contributed by atoms with Crippen molar-refractivity contribution in [3.8, 4) is 0 Å². The van der Waals surface area contributed by atoms with Crippen molar-refractivity contribution in [2.45, 2.75) is 64.8 Å². The molecule has 1 aliphatic rings. The van der Waals surface area contributed by atoms with Crippen LogP contribution in [-0.2, 0) is 0 Å². The molecule has 1 nitrogen and oxygen atoms in total. The summed E-state index contributed by atoms with van der Waals surface area (Å²) in [5.41, 5.74) is 9.13. The summed E-state index contributed by atoms with van der Waals surface area (Å²) >= 11 is 0. The van der Waals surface area contributed by atoms with Gasteiger partial charge in [-0.2, -0.15) is 0 Å². The standard InChI is InChI=1S/C17H26FN/c1-12-10-13(2)16(15(18)11-12)17(19)14-8-6-4-3-5-7-9-14/h10-11,14,17H,3-9,19H2,1-2H3. The fourth-order valence-corrected chi connectivity index (χ4v) is 3.43. The van der Waals surface area contributed by atoms with E-state index >= 15 is 0 Å². The van der Waals surface area contributed by atoms with E-state index in [0.29, 0.717) is 5.92 Å². The van der Waals surface area contributed by atoms with Gasteiger partial charge in [0.05, 0.1) is 0 Å². The average Bonchev–Trinajstić information content (AvgIpc) is 2.26. The van der Waals surface area contributed by atoms with Crippen molar-refractivity contribution in [2.24, 2.45) is 11.7 Å². The van der Waals surface area contributed by atoms with Crippen LogP contribution in [0, 0.1) is 25.6 Å². The third-order valence-electron chi connectivity index (χ3n) is 4.47. The van der Waals surface area contributed by atoms with Crippen LogP contribution in [0.5, 0.6) is 0 Å². The number of rotatable bonds is 2. The van der Waals surface area contributed by atoms with Gasteiger partial charge in [0.1, 0.15) is 5.82 Å². The predicted molar refractivity (Wildman–Crippen MR) is 78.6 cm³/mol. The Morgan fingerprint density at radius 3 is 2.21 bits per heavy atom. The maximum atomic E-state index is 14.2. The van der Waals surface area contributed by atoms with E-state index in [1.807, 2.05) is 19.9 Å². The van der Waals surface area contributed by atoms with Crippen LogP contribution in [0.15, 0.2) is 12.1 Å². The summed E-state index contributed by atoms with van der Waals surface area (Å²) in [6, 6.07) is 3.52. The first-order valence-electron chi connectivity index (χ1n) is 7.62. The third kappa shape index (κ3) is 3.56. The molecule has 2 N–H and O–H groups in total. The second kappa shape index (κ2) is 6.51. The summed E-state index contributed by atoms with van der Waals surface area (Å²) in [6.07, 6.45) is 8.73. The maximum absolute atomic E-state index is 14.2. The molecule has 0 aromatic heterocycles. The Hall–Kier alpha value is -0.890. The Bertz CT molecular complexity index is 396. The van der Waals surface area contributed by atoms with Crippen LogP contribution < -0.4 is 5.73 Å². The zero-order chi connectivity index (χ0) is 13.8. The molecule has 1 unspecified atom stereocenters. The SMILES string of the molecule is Cc1cc(C)c(C(N)C2CCCCCCC2)c(F)c1. The Labute approximate surface area is 116 Å². The molecule has 0 saturated heterocycles. The molecule has 0 amide bonds. The molecule has 0 heterocycles. The second-order valence-corrected chi connectivity index (χ2v) is 6.11. The van der Waals surface area contributed by atoms with E-state index in [9.17, 15) is 4.39 Å². The van der Waals surface area contributed by atoms with Crippen LogP contribution in [0.1, 0.15) is 67.7 Å². The van der Waals surface area contributed by atoms with Gasteiger partial charge in [-0.25, -0.2) is 4.39 Å². The number of hydrogen-bond acceptors (Lipinski definition) is 1. The summed E-state index contributed by atoms with van der Waals surface area (Å²) in [5.74, 6) is 0.322. The Morgan fingerprint density at radius 2 is 1.63 bits per heavy atom. The van der Waals surface area contributed by atoms with Crippen molar-refractivity contribution in [3.05, 3.63) is 34.6 Å². The zero-order valence-corrected chi connectivity index (χ0v) is 12.2. The Kier molecular flexibility index (Phi) is 4.98. The Balaban J connectivity index is 2.19. The minimum atomic E-state index is -0.140. The van der Waals surface area contributed by atoms with E-state index in [4.69, 9.17) is 5.73 Å². The smallest absolute Gasteiger partial charge is 0.128 e.